The lowest BCUT2D eigenvalue weighted by atomic mass is 10.00. The van der Waals surface area contributed by atoms with Gasteiger partial charge in [-0.15, -0.1) is 0 Å². The fourth-order valence-electron chi connectivity index (χ4n) is 4.56. The van der Waals surface area contributed by atoms with Crippen molar-refractivity contribution in [3.05, 3.63) is 102 Å². The second kappa shape index (κ2) is 11.7. The molecular formula is C31H28N2O5S. The van der Waals surface area contributed by atoms with Crippen molar-refractivity contribution in [3.8, 4) is 16.9 Å². The second-order valence-corrected chi connectivity index (χ2v) is 10.6. The molecule has 198 valence electrons. The van der Waals surface area contributed by atoms with Crippen LogP contribution in [-0.4, -0.2) is 48.2 Å². The van der Waals surface area contributed by atoms with Crippen LogP contribution in [0.5, 0.6) is 5.75 Å². The zero-order valence-corrected chi connectivity index (χ0v) is 22.5. The first kappa shape index (κ1) is 26.5. The number of benzene rings is 4. The van der Waals surface area contributed by atoms with Crippen LogP contribution in [0, 0.1) is 0 Å². The Bertz CT molecular complexity index is 1540. The fourth-order valence-corrected chi connectivity index (χ4v) is 5.42. The van der Waals surface area contributed by atoms with Gasteiger partial charge in [-0.25, -0.2) is 0 Å². The van der Waals surface area contributed by atoms with Crippen molar-refractivity contribution in [3.63, 3.8) is 0 Å². The van der Waals surface area contributed by atoms with Crippen LogP contribution in [0.3, 0.4) is 0 Å². The number of nitrogens with zero attached hydrogens (tertiary/aromatic N) is 1. The molecular weight excluding hydrogens is 512 g/mol. The van der Waals surface area contributed by atoms with Crippen molar-refractivity contribution < 1.29 is 23.9 Å². The molecule has 0 aliphatic carbocycles. The quantitative estimate of drug-likeness (QED) is 0.276. The number of methoxy groups -OCH3 is 1. The lowest BCUT2D eigenvalue weighted by Gasteiger charge is -2.18. The number of ether oxygens (including phenoxy) is 2. The summed E-state index contributed by atoms with van der Waals surface area (Å²) in [5, 5.41) is 3.61. The van der Waals surface area contributed by atoms with Gasteiger partial charge in [-0.1, -0.05) is 66.4 Å². The zero-order chi connectivity index (χ0) is 27.4. The summed E-state index contributed by atoms with van der Waals surface area (Å²) < 4.78 is 10.5. The summed E-state index contributed by atoms with van der Waals surface area (Å²) in [4.78, 5) is 38.2. The third kappa shape index (κ3) is 6.30. The molecule has 1 saturated heterocycles. The molecule has 1 atom stereocenters. The van der Waals surface area contributed by atoms with Crippen molar-refractivity contribution in [2.45, 2.75) is 18.2 Å². The fraction of sp³-hybridized carbons (Fsp3) is 0.194. The predicted octanol–water partition coefficient (Wildman–Crippen LogP) is 5.66. The van der Waals surface area contributed by atoms with E-state index in [2.05, 4.69) is 11.4 Å². The molecule has 1 aliphatic heterocycles. The Balaban J connectivity index is 1.24. The molecule has 0 radical (unpaired) electrons. The van der Waals surface area contributed by atoms with Crippen molar-refractivity contribution in [2.24, 2.45) is 0 Å². The van der Waals surface area contributed by atoms with Crippen molar-refractivity contribution in [1.29, 1.82) is 0 Å². The lowest BCUT2D eigenvalue weighted by Crippen LogP contribution is -2.26. The van der Waals surface area contributed by atoms with Crippen LogP contribution in [0.1, 0.15) is 21.5 Å². The topological polar surface area (TPSA) is 84.9 Å². The lowest BCUT2D eigenvalue weighted by molar-refractivity contribution is -0.118. The first-order valence-electron chi connectivity index (χ1n) is 12.5. The maximum absolute atomic E-state index is 13.2. The van der Waals surface area contributed by atoms with E-state index in [9.17, 15) is 14.4 Å². The summed E-state index contributed by atoms with van der Waals surface area (Å²) in [6, 6.07) is 27.5. The Morgan fingerprint density at radius 2 is 1.67 bits per heavy atom. The van der Waals surface area contributed by atoms with Gasteiger partial charge in [-0.3, -0.25) is 19.7 Å². The second-order valence-electron chi connectivity index (χ2n) is 9.42. The Morgan fingerprint density at radius 1 is 0.897 bits per heavy atom. The van der Waals surface area contributed by atoms with E-state index < -0.39 is 0 Å². The van der Waals surface area contributed by atoms with Gasteiger partial charge in [0.15, 0.2) is 6.79 Å². The van der Waals surface area contributed by atoms with Crippen molar-refractivity contribution >= 4 is 39.6 Å². The molecule has 4 aromatic rings. The highest BCUT2D eigenvalue weighted by molar-refractivity contribution is 8.15. The van der Waals surface area contributed by atoms with Crippen LogP contribution in [0.2, 0.25) is 0 Å². The predicted molar refractivity (Wildman–Crippen MR) is 153 cm³/mol. The van der Waals surface area contributed by atoms with E-state index in [1.165, 1.54) is 0 Å². The highest BCUT2D eigenvalue weighted by Gasteiger charge is 2.31. The molecule has 1 heterocycles. The zero-order valence-electron chi connectivity index (χ0n) is 21.7. The summed E-state index contributed by atoms with van der Waals surface area (Å²) in [6.07, 6.45) is 0.507. The van der Waals surface area contributed by atoms with Gasteiger partial charge in [0, 0.05) is 26.3 Å². The number of fused-ring (bicyclic) bond motifs is 1. The van der Waals surface area contributed by atoms with Crippen molar-refractivity contribution in [2.75, 3.05) is 21.0 Å². The molecule has 1 N–H and O–H groups in total. The van der Waals surface area contributed by atoms with Gasteiger partial charge in [0.05, 0.1) is 5.25 Å². The average molecular weight is 541 g/mol. The van der Waals surface area contributed by atoms with Gasteiger partial charge in [0.25, 0.3) is 11.1 Å². The first-order valence-corrected chi connectivity index (χ1v) is 13.4. The van der Waals surface area contributed by atoms with Crippen LogP contribution in [0.15, 0.2) is 84.9 Å². The Morgan fingerprint density at radius 3 is 2.41 bits per heavy atom. The van der Waals surface area contributed by atoms with Gasteiger partial charge in [0.1, 0.15) is 5.75 Å². The monoisotopic (exact) mass is 540 g/mol. The van der Waals surface area contributed by atoms with E-state index in [1.807, 2.05) is 78.9 Å². The molecule has 1 aliphatic rings. The smallest absolute Gasteiger partial charge is 0.286 e. The molecule has 4 aromatic carbocycles. The Labute approximate surface area is 231 Å². The summed E-state index contributed by atoms with van der Waals surface area (Å²) in [5.41, 5.74) is 4.72. The normalized spacial score (nSPS) is 14.9. The maximum atomic E-state index is 13.2. The number of thioether (sulfide) groups is 1. The Kier molecular flexibility index (Phi) is 7.95. The molecule has 7 nitrogen and oxygen atoms in total. The van der Waals surface area contributed by atoms with E-state index in [0.717, 1.165) is 44.8 Å². The third-order valence-corrected chi connectivity index (χ3v) is 7.55. The number of hydrogen-bond acceptors (Lipinski definition) is 6. The number of imide groups is 1. The molecule has 5 rings (SSSR count). The van der Waals surface area contributed by atoms with E-state index in [0.29, 0.717) is 24.3 Å². The van der Waals surface area contributed by atoms with Gasteiger partial charge in [0.2, 0.25) is 5.91 Å². The van der Waals surface area contributed by atoms with E-state index >= 15 is 0 Å². The molecule has 1 unspecified atom stereocenters. The number of hydrogen-bond donors (Lipinski definition) is 1. The molecule has 39 heavy (non-hydrogen) atoms. The van der Waals surface area contributed by atoms with E-state index in [-0.39, 0.29) is 29.1 Å². The standard InChI is InChI=1S/C31H28N2O5S/c1-33(30(35)26-11-10-25-17-27(38-19-37-2)13-12-24(25)16-26)18-21-4-3-5-23(14-21)22-8-6-20(7-9-22)15-28-29(34)32-31(36)39-28/h3-14,16-17,28H,15,18-19H2,1-2H3,(H,32,34,36). The minimum atomic E-state index is -0.380. The largest absolute Gasteiger partial charge is 0.468 e. The number of rotatable bonds is 9. The van der Waals surface area contributed by atoms with Crippen LogP contribution in [-0.2, 0) is 22.5 Å². The average Bonchev–Trinajstić information content (AvgIpc) is 3.27. The SMILES string of the molecule is COCOc1ccc2cc(C(=O)N(C)Cc3cccc(-c4ccc(CC5SC(=O)NC5=O)cc4)c3)ccc2c1. The van der Waals surface area contributed by atoms with Crippen molar-refractivity contribution in [1.82, 2.24) is 10.2 Å². The van der Waals surface area contributed by atoms with E-state index in [1.54, 1.807) is 19.1 Å². The number of carbonyl (C=O) groups excluding carboxylic acids is 3. The summed E-state index contributed by atoms with van der Waals surface area (Å²) in [6.45, 7) is 0.650. The third-order valence-electron chi connectivity index (χ3n) is 6.57. The minimum Gasteiger partial charge on any atom is -0.468 e. The number of nitrogens with one attached hydrogen (secondary N) is 1. The highest BCUT2D eigenvalue weighted by Crippen LogP contribution is 2.26. The highest BCUT2D eigenvalue weighted by atomic mass is 32.2. The number of carbonyl (C=O) groups is 3. The van der Waals surface area contributed by atoms with Gasteiger partial charge in [-0.2, -0.15) is 0 Å². The maximum Gasteiger partial charge on any atom is 0.286 e. The molecule has 0 spiro atoms. The Hall–Kier alpha value is -4.14. The van der Waals surface area contributed by atoms with Crippen LogP contribution in [0.4, 0.5) is 4.79 Å². The summed E-state index contributed by atoms with van der Waals surface area (Å²) >= 11 is 1.04. The number of amides is 3. The minimum absolute atomic E-state index is 0.0568. The molecule has 3 amide bonds. The van der Waals surface area contributed by atoms with Gasteiger partial charge >= 0.3 is 0 Å². The molecule has 1 fully saturated rings. The van der Waals surface area contributed by atoms with Crippen LogP contribution < -0.4 is 10.1 Å². The molecule has 0 saturated carbocycles. The summed E-state index contributed by atoms with van der Waals surface area (Å²) in [5.74, 6) is 0.427. The summed E-state index contributed by atoms with van der Waals surface area (Å²) in [7, 11) is 3.38. The van der Waals surface area contributed by atoms with E-state index in [4.69, 9.17) is 9.47 Å². The molecule has 0 aromatic heterocycles. The van der Waals surface area contributed by atoms with Crippen LogP contribution >= 0.6 is 11.8 Å². The first-order chi connectivity index (χ1) is 18.9. The van der Waals surface area contributed by atoms with Gasteiger partial charge in [-0.05, 0) is 69.8 Å². The van der Waals surface area contributed by atoms with Crippen LogP contribution in [0.25, 0.3) is 21.9 Å². The van der Waals surface area contributed by atoms with Gasteiger partial charge < -0.3 is 14.4 Å². The molecule has 0 bridgehead atoms. The molecule has 8 heteroatoms.